The van der Waals surface area contributed by atoms with Crippen LogP contribution in [-0.4, -0.2) is 21.9 Å². The molecule has 70 valence electrons. The van der Waals surface area contributed by atoms with Crippen molar-refractivity contribution < 1.29 is 10.2 Å². The van der Waals surface area contributed by atoms with Crippen LogP contribution in [0.4, 0.5) is 0 Å². The molecule has 0 aliphatic heterocycles. The molecule has 0 saturated heterocycles. The summed E-state index contributed by atoms with van der Waals surface area (Å²) in [5.74, 6) is 0. The summed E-state index contributed by atoms with van der Waals surface area (Å²) < 4.78 is 0. The molecular formula is C10H18O2. The first kappa shape index (κ1) is 9.75. The Hall–Kier alpha value is -0.340. The molecule has 0 spiro atoms. The molecule has 0 aromatic carbocycles. The SMILES string of the molecule is CC(C)=C1CC[C@@](C)(O)[C@@H](O)C1. The minimum Gasteiger partial charge on any atom is -0.390 e. The molecule has 0 bridgehead atoms. The van der Waals surface area contributed by atoms with Crippen LogP contribution in [-0.2, 0) is 0 Å². The molecule has 2 atom stereocenters. The number of aliphatic hydroxyl groups is 2. The van der Waals surface area contributed by atoms with Crippen molar-refractivity contribution in [1.82, 2.24) is 0 Å². The van der Waals surface area contributed by atoms with E-state index in [0.717, 1.165) is 6.42 Å². The number of allylic oxidation sites excluding steroid dienone is 1. The van der Waals surface area contributed by atoms with Crippen LogP contribution in [0.1, 0.15) is 40.0 Å². The van der Waals surface area contributed by atoms with E-state index in [1.54, 1.807) is 6.92 Å². The third-order valence-electron chi connectivity index (χ3n) is 2.80. The van der Waals surface area contributed by atoms with Crippen LogP contribution in [0.3, 0.4) is 0 Å². The standard InChI is InChI=1S/C10H18O2/c1-7(2)8-4-5-10(3,12)9(11)6-8/h9,11-12H,4-6H2,1-3H3/t9-,10+/m0/s1. The van der Waals surface area contributed by atoms with Gasteiger partial charge in [0.05, 0.1) is 11.7 Å². The lowest BCUT2D eigenvalue weighted by Gasteiger charge is -2.35. The van der Waals surface area contributed by atoms with Gasteiger partial charge in [-0.25, -0.2) is 0 Å². The zero-order valence-corrected chi connectivity index (χ0v) is 8.09. The smallest absolute Gasteiger partial charge is 0.0883 e. The van der Waals surface area contributed by atoms with E-state index in [-0.39, 0.29) is 0 Å². The van der Waals surface area contributed by atoms with E-state index in [0.29, 0.717) is 12.8 Å². The first-order chi connectivity index (χ1) is 5.43. The van der Waals surface area contributed by atoms with Gasteiger partial charge in [-0.05, 0) is 40.0 Å². The van der Waals surface area contributed by atoms with Crippen LogP contribution in [0, 0.1) is 0 Å². The van der Waals surface area contributed by atoms with Crippen molar-refractivity contribution in [3.63, 3.8) is 0 Å². The molecule has 1 aliphatic carbocycles. The van der Waals surface area contributed by atoms with Gasteiger partial charge < -0.3 is 10.2 Å². The molecule has 0 heterocycles. The Morgan fingerprint density at radius 3 is 2.50 bits per heavy atom. The monoisotopic (exact) mass is 170 g/mol. The summed E-state index contributed by atoms with van der Waals surface area (Å²) in [4.78, 5) is 0. The highest BCUT2D eigenvalue weighted by Gasteiger charge is 2.34. The Bertz CT molecular complexity index is 200. The molecule has 1 rings (SSSR count). The van der Waals surface area contributed by atoms with Crippen molar-refractivity contribution in [2.24, 2.45) is 0 Å². The molecule has 1 saturated carbocycles. The summed E-state index contributed by atoms with van der Waals surface area (Å²) in [6.07, 6.45) is 1.65. The number of rotatable bonds is 0. The van der Waals surface area contributed by atoms with Gasteiger partial charge in [0.25, 0.3) is 0 Å². The topological polar surface area (TPSA) is 40.5 Å². The molecule has 1 fully saturated rings. The summed E-state index contributed by atoms with van der Waals surface area (Å²) in [6.45, 7) is 5.82. The van der Waals surface area contributed by atoms with Crippen LogP contribution >= 0.6 is 0 Å². The summed E-state index contributed by atoms with van der Waals surface area (Å²) in [5, 5.41) is 19.2. The van der Waals surface area contributed by atoms with E-state index in [1.807, 2.05) is 0 Å². The molecule has 0 radical (unpaired) electrons. The van der Waals surface area contributed by atoms with Crippen LogP contribution in [0.15, 0.2) is 11.1 Å². The minimum atomic E-state index is -0.876. The van der Waals surface area contributed by atoms with Gasteiger partial charge in [0.1, 0.15) is 0 Å². The van der Waals surface area contributed by atoms with Crippen LogP contribution < -0.4 is 0 Å². The van der Waals surface area contributed by atoms with Crippen LogP contribution in [0.25, 0.3) is 0 Å². The van der Waals surface area contributed by atoms with E-state index in [9.17, 15) is 10.2 Å². The van der Waals surface area contributed by atoms with E-state index in [2.05, 4.69) is 13.8 Å². The maximum atomic E-state index is 9.67. The van der Waals surface area contributed by atoms with Crippen molar-refractivity contribution in [3.8, 4) is 0 Å². The first-order valence-corrected chi connectivity index (χ1v) is 4.49. The quantitative estimate of drug-likeness (QED) is 0.542. The van der Waals surface area contributed by atoms with E-state index < -0.39 is 11.7 Å². The third kappa shape index (κ3) is 1.87. The number of hydrogen-bond donors (Lipinski definition) is 2. The highest BCUT2D eigenvalue weighted by atomic mass is 16.3. The zero-order chi connectivity index (χ0) is 9.35. The fraction of sp³-hybridized carbons (Fsp3) is 0.800. The van der Waals surface area contributed by atoms with Gasteiger partial charge in [-0.3, -0.25) is 0 Å². The second-order valence-corrected chi connectivity index (χ2v) is 4.18. The zero-order valence-electron chi connectivity index (χ0n) is 8.09. The maximum absolute atomic E-state index is 9.67. The van der Waals surface area contributed by atoms with Gasteiger partial charge in [0, 0.05) is 0 Å². The summed E-state index contributed by atoms with van der Waals surface area (Å²) in [7, 11) is 0. The average Bonchev–Trinajstić information content (AvgIpc) is 1.94. The molecule has 2 N–H and O–H groups in total. The Labute approximate surface area is 73.9 Å². The van der Waals surface area contributed by atoms with Gasteiger partial charge in [-0.1, -0.05) is 11.1 Å². The number of aliphatic hydroxyl groups excluding tert-OH is 1. The largest absolute Gasteiger partial charge is 0.390 e. The lowest BCUT2D eigenvalue weighted by molar-refractivity contribution is -0.0761. The highest BCUT2D eigenvalue weighted by Crippen LogP contribution is 2.32. The molecule has 12 heavy (non-hydrogen) atoms. The van der Waals surface area contributed by atoms with Gasteiger partial charge in [-0.2, -0.15) is 0 Å². The summed E-state index contributed by atoms with van der Waals surface area (Å²) in [6, 6.07) is 0. The van der Waals surface area contributed by atoms with Crippen molar-refractivity contribution in [2.45, 2.75) is 51.7 Å². The van der Waals surface area contributed by atoms with E-state index >= 15 is 0 Å². The van der Waals surface area contributed by atoms with Crippen LogP contribution in [0.5, 0.6) is 0 Å². The van der Waals surface area contributed by atoms with Gasteiger partial charge >= 0.3 is 0 Å². The molecule has 0 unspecified atom stereocenters. The van der Waals surface area contributed by atoms with E-state index in [4.69, 9.17) is 0 Å². The third-order valence-corrected chi connectivity index (χ3v) is 2.80. The lowest BCUT2D eigenvalue weighted by Crippen LogP contribution is -2.42. The van der Waals surface area contributed by atoms with Crippen LogP contribution in [0.2, 0.25) is 0 Å². The highest BCUT2D eigenvalue weighted by molar-refractivity contribution is 5.16. The Morgan fingerprint density at radius 2 is 2.08 bits per heavy atom. The first-order valence-electron chi connectivity index (χ1n) is 4.49. The molecule has 2 nitrogen and oxygen atoms in total. The second-order valence-electron chi connectivity index (χ2n) is 4.18. The fourth-order valence-corrected chi connectivity index (χ4v) is 1.58. The van der Waals surface area contributed by atoms with Gasteiger partial charge in [0.15, 0.2) is 0 Å². The predicted octanol–water partition coefficient (Wildman–Crippen LogP) is 1.62. The Morgan fingerprint density at radius 1 is 1.50 bits per heavy atom. The maximum Gasteiger partial charge on any atom is 0.0883 e. The van der Waals surface area contributed by atoms with Crippen molar-refractivity contribution in [3.05, 3.63) is 11.1 Å². The molecule has 0 aromatic heterocycles. The van der Waals surface area contributed by atoms with Gasteiger partial charge in [0.2, 0.25) is 0 Å². The number of hydrogen-bond acceptors (Lipinski definition) is 2. The molecule has 0 amide bonds. The Kier molecular flexibility index (Phi) is 2.59. The predicted molar refractivity (Wildman–Crippen MR) is 48.9 cm³/mol. The minimum absolute atomic E-state index is 0.587. The summed E-state index contributed by atoms with van der Waals surface area (Å²) >= 11 is 0. The second kappa shape index (κ2) is 3.19. The lowest BCUT2D eigenvalue weighted by atomic mass is 9.80. The van der Waals surface area contributed by atoms with Crippen molar-refractivity contribution >= 4 is 0 Å². The fourth-order valence-electron chi connectivity index (χ4n) is 1.58. The summed E-state index contributed by atoms with van der Waals surface area (Å²) in [5.41, 5.74) is 1.71. The van der Waals surface area contributed by atoms with E-state index in [1.165, 1.54) is 11.1 Å². The van der Waals surface area contributed by atoms with Gasteiger partial charge in [-0.15, -0.1) is 0 Å². The molecule has 0 aromatic rings. The molecule has 2 heteroatoms. The normalized spacial score (nSPS) is 36.8. The van der Waals surface area contributed by atoms with Crippen molar-refractivity contribution in [2.75, 3.05) is 0 Å². The molecule has 1 aliphatic rings. The molecular weight excluding hydrogens is 152 g/mol. The average molecular weight is 170 g/mol. The Balaban J connectivity index is 2.71. The van der Waals surface area contributed by atoms with Crippen molar-refractivity contribution in [1.29, 1.82) is 0 Å².